The monoisotopic (exact) mass is 435 g/mol. The number of rotatable bonds is 8. The lowest BCUT2D eigenvalue weighted by Gasteiger charge is -2.34. The summed E-state index contributed by atoms with van der Waals surface area (Å²) in [6, 6.07) is 16.9. The Morgan fingerprint density at radius 1 is 1.06 bits per heavy atom. The van der Waals surface area contributed by atoms with E-state index < -0.39 is 0 Å². The van der Waals surface area contributed by atoms with Gasteiger partial charge in [0.25, 0.3) is 0 Å². The molecule has 32 heavy (non-hydrogen) atoms. The van der Waals surface area contributed by atoms with Gasteiger partial charge in [0.05, 0.1) is 17.8 Å². The minimum Gasteiger partial charge on any atom is -0.354 e. The van der Waals surface area contributed by atoms with Gasteiger partial charge in [-0.1, -0.05) is 48.5 Å². The molecule has 3 aromatic rings. The highest BCUT2D eigenvalue weighted by atomic mass is 19.1. The van der Waals surface area contributed by atoms with Crippen LogP contribution in [-0.2, 0) is 11.3 Å². The Morgan fingerprint density at radius 2 is 1.75 bits per heavy atom. The maximum Gasteiger partial charge on any atom is 0.230 e. The Balaban J connectivity index is 1.18. The number of nitrogens with zero attached hydrogens (tertiary/aromatic N) is 3. The molecule has 168 valence electrons. The maximum atomic E-state index is 13.9. The van der Waals surface area contributed by atoms with E-state index in [1.165, 1.54) is 6.07 Å². The van der Waals surface area contributed by atoms with Crippen molar-refractivity contribution in [3.05, 3.63) is 78.0 Å². The molecule has 0 spiro atoms. The number of amides is 1. The van der Waals surface area contributed by atoms with Crippen LogP contribution in [0.25, 0.3) is 11.3 Å². The zero-order valence-electron chi connectivity index (χ0n) is 18.4. The van der Waals surface area contributed by atoms with Gasteiger partial charge in [0.15, 0.2) is 0 Å². The highest BCUT2D eigenvalue weighted by Crippen LogP contribution is 2.20. The molecule has 7 heteroatoms. The maximum absolute atomic E-state index is 13.9. The van der Waals surface area contributed by atoms with Gasteiger partial charge < -0.3 is 10.3 Å². The largest absolute Gasteiger partial charge is 0.354 e. The summed E-state index contributed by atoms with van der Waals surface area (Å²) in [4.78, 5) is 24.9. The standard InChI is InChI=1S/C25H30FN5O/c1-19(24-28-17-23(29-24)20-7-3-2-4-8-20)25(32)27-11-12-30-13-15-31(16-14-30)18-21-9-5-6-10-22(21)26/h2-10,17,19H,11-16,18H2,1H3,(H,27,32)(H,28,29). The molecule has 4 rings (SSSR count). The number of carbonyl (C=O) groups is 1. The Bertz CT molecular complexity index is 1010. The second kappa shape index (κ2) is 10.5. The smallest absolute Gasteiger partial charge is 0.230 e. The molecule has 0 aliphatic carbocycles. The number of H-pyrrole nitrogens is 1. The quantitative estimate of drug-likeness (QED) is 0.570. The number of nitrogens with one attached hydrogen (secondary N) is 2. The van der Waals surface area contributed by atoms with Gasteiger partial charge in [-0.3, -0.25) is 14.6 Å². The van der Waals surface area contributed by atoms with E-state index in [4.69, 9.17) is 0 Å². The number of imidazole rings is 1. The molecule has 0 radical (unpaired) electrons. The van der Waals surface area contributed by atoms with Crippen LogP contribution in [0.1, 0.15) is 24.2 Å². The van der Waals surface area contributed by atoms with Crippen molar-refractivity contribution < 1.29 is 9.18 Å². The number of aromatic nitrogens is 2. The topological polar surface area (TPSA) is 64.3 Å². The first-order valence-corrected chi connectivity index (χ1v) is 11.2. The van der Waals surface area contributed by atoms with E-state index in [1.54, 1.807) is 12.3 Å². The second-order valence-corrected chi connectivity index (χ2v) is 8.27. The first kappa shape index (κ1) is 22.2. The number of carbonyl (C=O) groups excluding carboxylic acids is 1. The molecule has 0 bridgehead atoms. The number of aromatic amines is 1. The van der Waals surface area contributed by atoms with Crippen molar-refractivity contribution in [3.8, 4) is 11.3 Å². The van der Waals surface area contributed by atoms with Gasteiger partial charge in [-0.25, -0.2) is 9.37 Å². The molecular weight excluding hydrogens is 405 g/mol. The fourth-order valence-electron chi connectivity index (χ4n) is 3.97. The summed E-state index contributed by atoms with van der Waals surface area (Å²) in [5.41, 5.74) is 2.71. The van der Waals surface area contributed by atoms with Crippen LogP contribution in [-0.4, -0.2) is 64.9 Å². The van der Waals surface area contributed by atoms with Gasteiger partial charge in [0.2, 0.25) is 5.91 Å². The van der Waals surface area contributed by atoms with E-state index in [9.17, 15) is 9.18 Å². The van der Waals surface area contributed by atoms with E-state index in [0.29, 0.717) is 18.9 Å². The number of hydrogen-bond acceptors (Lipinski definition) is 4. The van der Waals surface area contributed by atoms with Crippen molar-refractivity contribution in [1.82, 2.24) is 25.1 Å². The molecule has 6 nitrogen and oxygen atoms in total. The molecule has 2 N–H and O–H groups in total. The van der Waals surface area contributed by atoms with Crippen LogP contribution in [0.2, 0.25) is 0 Å². The third kappa shape index (κ3) is 5.60. The van der Waals surface area contributed by atoms with Crippen molar-refractivity contribution in [2.24, 2.45) is 0 Å². The Labute approximate surface area is 188 Å². The van der Waals surface area contributed by atoms with Crippen molar-refractivity contribution >= 4 is 5.91 Å². The Kier molecular flexibility index (Phi) is 7.29. The van der Waals surface area contributed by atoms with Crippen molar-refractivity contribution in [2.45, 2.75) is 19.4 Å². The first-order chi connectivity index (χ1) is 15.6. The van der Waals surface area contributed by atoms with Crippen LogP contribution in [0.3, 0.4) is 0 Å². The molecule has 0 saturated carbocycles. The molecule has 1 aliphatic heterocycles. The van der Waals surface area contributed by atoms with E-state index in [0.717, 1.165) is 49.5 Å². The molecule has 2 aromatic carbocycles. The highest BCUT2D eigenvalue weighted by molar-refractivity contribution is 5.82. The molecule has 1 amide bonds. The van der Waals surface area contributed by atoms with Crippen LogP contribution in [0, 0.1) is 5.82 Å². The number of piperazine rings is 1. The summed E-state index contributed by atoms with van der Waals surface area (Å²) < 4.78 is 13.9. The number of hydrogen-bond donors (Lipinski definition) is 2. The summed E-state index contributed by atoms with van der Waals surface area (Å²) >= 11 is 0. The van der Waals surface area contributed by atoms with Crippen LogP contribution in [0.5, 0.6) is 0 Å². The van der Waals surface area contributed by atoms with Crippen molar-refractivity contribution in [2.75, 3.05) is 39.3 Å². The predicted molar refractivity (Wildman–Crippen MR) is 124 cm³/mol. The lowest BCUT2D eigenvalue weighted by atomic mass is 10.1. The third-order valence-corrected chi connectivity index (χ3v) is 6.03. The molecule has 1 fully saturated rings. The average Bonchev–Trinajstić information content (AvgIpc) is 3.32. The van der Waals surface area contributed by atoms with E-state index >= 15 is 0 Å². The van der Waals surface area contributed by atoms with Gasteiger partial charge in [-0.05, 0) is 18.6 Å². The third-order valence-electron chi connectivity index (χ3n) is 6.03. The van der Waals surface area contributed by atoms with E-state index in [2.05, 4.69) is 25.1 Å². The number of halogens is 1. The van der Waals surface area contributed by atoms with Gasteiger partial charge in [-0.2, -0.15) is 0 Å². The van der Waals surface area contributed by atoms with Crippen molar-refractivity contribution in [3.63, 3.8) is 0 Å². The van der Waals surface area contributed by atoms with Crippen LogP contribution in [0.4, 0.5) is 4.39 Å². The van der Waals surface area contributed by atoms with Crippen LogP contribution < -0.4 is 5.32 Å². The molecule has 1 unspecified atom stereocenters. The molecule has 1 aliphatic rings. The zero-order chi connectivity index (χ0) is 22.3. The summed E-state index contributed by atoms with van der Waals surface area (Å²) in [7, 11) is 0. The molecule has 1 aromatic heterocycles. The lowest BCUT2D eigenvalue weighted by molar-refractivity contribution is -0.122. The summed E-state index contributed by atoms with van der Waals surface area (Å²) in [5, 5.41) is 3.03. The fourth-order valence-corrected chi connectivity index (χ4v) is 3.97. The SMILES string of the molecule is CC(C(=O)NCCN1CCN(Cc2ccccc2F)CC1)c1ncc(-c2ccccc2)[nH]1. The van der Waals surface area contributed by atoms with E-state index in [-0.39, 0.29) is 17.6 Å². The molecule has 2 heterocycles. The Morgan fingerprint density at radius 3 is 2.50 bits per heavy atom. The van der Waals surface area contributed by atoms with Crippen LogP contribution in [0.15, 0.2) is 60.8 Å². The average molecular weight is 436 g/mol. The van der Waals surface area contributed by atoms with Gasteiger partial charge in [-0.15, -0.1) is 0 Å². The summed E-state index contributed by atoms with van der Waals surface area (Å²) in [5.74, 6) is 0.157. The number of benzene rings is 2. The second-order valence-electron chi connectivity index (χ2n) is 8.27. The van der Waals surface area contributed by atoms with Crippen molar-refractivity contribution in [1.29, 1.82) is 0 Å². The van der Waals surface area contributed by atoms with Gasteiger partial charge >= 0.3 is 0 Å². The lowest BCUT2D eigenvalue weighted by Crippen LogP contribution is -2.48. The minimum atomic E-state index is -0.343. The summed E-state index contributed by atoms with van der Waals surface area (Å²) in [6.45, 7) is 7.53. The van der Waals surface area contributed by atoms with E-state index in [1.807, 2.05) is 49.4 Å². The van der Waals surface area contributed by atoms with Crippen LogP contribution >= 0.6 is 0 Å². The summed E-state index contributed by atoms with van der Waals surface area (Å²) in [6.07, 6.45) is 1.77. The molecular formula is C25H30FN5O. The van der Waals surface area contributed by atoms with Gasteiger partial charge in [0, 0.05) is 51.4 Å². The normalized spacial score (nSPS) is 16.1. The van der Waals surface area contributed by atoms with Gasteiger partial charge in [0.1, 0.15) is 11.6 Å². The molecule has 1 atom stereocenters. The fraction of sp³-hybridized carbons (Fsp3) is 0.360. The predicted octanol–water partition coefficient (Wildman–Crippen LogP) is 3.25. The highest BCUT2D eigenvalue weighted by Gasteiger charge is 2.20. The molecule has 1 saturated heterocycles. The Hall–Kier alpha value is -3.03. The minimum absolute atomic E-state index is 0.0304. The first-order valence-electron chi connectivity index (χ1n) is 11.2. The zero-order valence-corrected chi connectivity index (χ0v) is 18.4.